The summed E-state index contributed by atoms with van der Waals surface area (Å²) in [4.78, 5) is 4.90. The van der Waals surface area contributed by atoms with E-state index in [9.17, 15) is 25.9 Å². The van der Waals surface area contributed by atoms with Crippen LogP contribution in [-0.4, -0.2) is 57.1 Å². The van der Waals surface area contributed by atoms with Gasteiger partial charge in [0.25, 0.3) is 20.2 Å². The van der Waals surface area contributed by atoms with Crippen LogP contribution >= 0.6 is 0 Å². The third kappa shape index (κ3) is 13.4. The zero-order valence-corrected chi connectivity index (χ0v) is 47.7. The molecule has 2 aliphatic carbocycles. The van der Waals surface area contributed by atoms with E-state index in [4.69, 9.17) is 4.74 Å². The fraction of sp³-hybridized carbons (Fsp3) is 0.446. The van der Waals surface area contributed by atoms with Crippen LogP contribution in [0.2, 0.25) is 0 Å². The molecule has 0 fully saturated rings. The molecule has 5 aromatic rings. The van der Waals surface area contributed by atoms with E-state index in [1.165, 1.54) is 106 Å². The Morgan fingerprint density at radius 2 is 1.22 bits per heavy atom. The summed E-state index contributed by atoms with van der Waals surface area (Å²) in [7, 11) is -8.15. The largest absolute Gasteiger partial charge is 0.457 e. The van der Waals surface area contributed by atoms with E-state index in [2.05, 4.69) is 173 Å². The number of hydrogen-bond acceptors (Lipinski definition) is 7. The van der Waals surface area contributed by atoms with Gasteiger partial charge < -0.3 is 14.5 Å². The quantitative estimate of drug-likeness (QED) is 0.0411. The van der Waals surface area contributed by atoms with Gasteiger partial charge in [0.2, 0.25) is 0 Å². The molecule has 0 radical (unpaired) electrons. The summed E-state index contributed by atoms with van der Waals surface area (Å²) in [5, 5.41) is 4.76. The van der Waals surface area contributed by atoms with Gasteiger partial charge in [-0.15, -0.1) is 0 Å². The molecule has 0 unspecified atom stereocenters. The first kappa shape index (κ1) is 56.7. The Labute approximate surface area is 455 Å². The second-order valence-electron chi connectivity index (χ2n) is 22.4. The maximum absolute atomic E-state index is 11.8. The number of anilines is 2. The van der Waals surface area contributed by atoms with E-state index in [1.807, 2.05) is 0 Å². The first-order valence-electron chi connectivity index (χ1n) is 28.2. The molecule has 0 spiro atoms. The number of hydrogen-bond donors (Lipinski definition) is 2. The van der Waals surface area contributed by atoms with Gasteiger partial charge in [-0.1, -0.05) is 165 Å². The van der Waals surface area contributed by atoms with Crippen LogP contribution in [0.1, 0.15) is 161 Å². The lowest BCUT2D eigenvalue weighted by Crippen LogP contribution is -2.27. The van der Waals surface area contributed by atoms with Crippen molar-refractivity contribution in [2.45, 2.75) is 155 Å². The first-order chi connectivity index (χ1) is 36.4. The first-order valence-corrected chi connectivity index (χ1v) is 31.4. The van der Waals surface area contributed by atoms with E-state index in [0.717, 1.165) is 66.4 Å². The summed E-state index contributed by atoms with van der Waals surface area (Å²) in [6, 6.07) is 34.5. The highest BCUT2D eigenvalue weighted by molar-refractivity contribution is 7.86. The van der Waals surface area contributed by atoms with Crippen molar-refractivity contribution in [2.24, 2.45) is 0 Å². The minimum Gasteiger partial charge on any atom is -0.457 e. The molecule has 11 heteroatoms. The average molecular weight is 1070 g/mol. The van der Waals surface area contributed by atoms with Crippen molar-refractivity contribution in [3.8, 4) is 5.75 Å². The van der Waals surface area contributed by atoms with Crippen LogP contribution < -0.4 is 14.5 Å². The van der Waals surface area contributed by atoms with Crippen LogP contribution in [0.5, 0.6) is 5.75 Å². The third-order valence-corrected chi connectivity index (χ3v) is 17.7. The van der Waals surface area contributed by atoms with Gasteiger partial charge in [-0.25, -0.2) is 0 Å². The molecule has 8 rings (SSSR count). The Balaban J connectivity index is 1.22. The van der Waals surface area contributed by atoms with Crippen molar-refractivity contribution < 1.29 is 30.7 Å². The summed E-state index contributed by atoms with van der Waals surface area (Å²) >= 11 is 0. The van der Waals surface area contributed by atoms with Crippen molar-refractivity contribution in [3.05, 3.63) is 166 Å². The van der Waals surface area contributed by atoms with Gasteiger partial charge in [0, 0.05) is 47.5 Å². The summed E-state index contributed by atoms with van der Waals surface area (Å²) in [5.74, 6) is 1.08. The van der Waals surface area contributed by atoms with Crippen molar-refractivity contribution in [2.75, 3.05) is 40.9 Å². The average Bonchev–Trinajstić information content (AvgIpc) is 3.77. The summed E-state index contributed by atoms with van der Waals surface area (Å²) in [5.41, 5.74) is 11.0. The molecule has 1 heterocycles. The Morgan fingerprint density at radius 3 is 1.86 bits per heavy atom. The monoisotopic (exact) mass is 1070 g/mol. The van der Waals surface area contributed by atoms with Crippen LogP contribution in [0, 0.1) is 0 Å². The molecule has 1 aliphatic heterocycles. The van der Waals surface area contributed by atoms with Gasteiger partial charge in [0.15, 0.2) is 0 Å². The van der Waals surface area contributed by atoms with Crippen LogP contribution in [0.15, 0.2) is 150 Å². The van der Waals surface area contributed by atoms with Gasteiger partial charge >= 0.3 is 0 Å². The minimum absolute atomic E-state index is 0.263. The number of allylic oxidation sites excluding steroid dienone is 9. The highest BCUT2D eigenvalue weighted by Gasteiger charge is 2.41. The molecule has 5 aromatic carbocycles. The van der Waals surface area contributed by atoms with E-state index in [1.54, 1.807) is 0 Å². The number of rotatable bonds is 26. The maximum Gasteiger partial charge on any atom is 0.264 e. The number of benzene rings is 5. The van der Waals surface area contributed by atoms with Crippen molar-refractivity contribution in [1.82, 2.24) is 0 Å². The fourth-order valence-corrected chi connectivity index (χ4v) is 13.4. The lowest BCUT2D eigenvalue weighted by molar-refractivity contribution is 0.415. The fourth-order valence-electron chi connectivity index (χ4n) is 12.2. The van der Waals surface area contributed by atoms with Gasteiger partial charge in [-0.3, -0.25) is 9.11 Å². The van der Waals surface area contributed by atoms with Crippen LogP contribution in [0.4, 0.5) is 11.4 Å². The highest BCUT2D eigenvalue weighted by atomic mass is 32.2. The smallest absolute Gasteiger partial charge is 0.264 e. The molecule has 2 N–H and O–H groups in total. The normalized spacial score (nSPS) is 17.5. The number of nitrogens with zero attached hydrogens (tertiary/aromatic N) is 2. The molecular formula is C65H82N2O7S2. The number of unbranched alkanes of at least 4 members (excludes halogenated alkanes) is 8. The van der Waals surface area contributed by atoms with Crippen LogP contribution in [-0.2, 0) is 31.1 Å². The standard InChI is InChI=1S/C65H82N2O7S2/c1-7-9-11-18-43-66(44-19-12-10-8-2)52-35-37-53(38-36-52)74-63-50(32-40-58-56(30-17-21-46-75(68,69)70)57-39-31-48-24-13-15-28-54(48)61(57)64(58,3)4)26-23-27-51(63)34-42-60-65(5,6)62-55-29-16-14-25-49(55)33-41-59(62)67(60)45-20-22-47-76(71,72)73/h13-16,24-25,28-29,31-42H,7-12,17-23,26-27,30,43-47H2,1-6H3,(H,68,69,70)(H,71,72,73)/b40-32+,51-34+,60-42+. The van der Waals surface area contributed by atoms with Crippen LogP contribution in [0.25, 0.3) is 27.1 Å². The molecule has 0 bridgehead atoms. The van der Waals surface area contributed by atoms with Crippen LogP contribution in [0.3, 0.4) is 0 Å². The topological polar surface area (TPSA) is 124 Å². The van der Waals surface area contributed by atoms with Crippen molar-refractivity contribution in [3.63, 3.8) is 0 Å². The Hall–Kier alpha value is -5.46. The molecule has 0 amide bonds. The molecule has 0 saturated carbocycles. The van der Waals surface area contributed by atoms with E-state index < -0.39 is 25.7 Å². The Morgan fingerprint density at radius 1 is 0.618 bits per heavy atom. The molecule has 76 heavy (non-hydrogen) atoms. The number of ether oxygens (including phenoxy) is 1. The predicted molar refractivity (Wildman–Crippen MR) is 318 cm³/mol. The van der Waals surface area contributed by atoms with Gasteiger partial charge in [-0.2, -0.15) is 16.8 Å². The Bertz CT molecular complexity index is 3240. The molecule has 0 saturated heterocycles. The molecular weight excluding hydrogens is 985 g/mol. The third-order valence-electron chi connectivity index (χ3n) is 16.1. The lowest BCUT2D eigenvalue weighted by atomic mass is 9.78. The van der Waals surface area contributed by atoms with E-state index >= 15 is 0 Å². The predicted octanol–water partition coefficient (Wildman–Crippen LogP) is 16.4. The van der Waals surface area contributed by atoms with E-state index in [0.29, 0.717) is 38.6 Å². The van der Waals surface area contributed by atoms with Crippen molar-refractivity contribution >= 4 is 58.7 Å². The zero-order chi connectivity index (χ0) is 54.1. The van der Waals surface area contributed by atoms with Gasteiger partial charge in [0.05, 0.1) is 11.5 Å². The van der Waals surface area contributed by atoms with Crippen molar-refractivity contribution in [1.29, 1.82) is 0 Å². The van der Waals surface area contributed by atoms with Gasteiger partial charge in [0.1, 0.15) is 11.5 Å². The second kappa shape index (κ2) is 24.9. The molecule has 0 aromatic heterocycles. The molecule has 9 nitrogen and oxygen atoms in total. The summed E-state index contributed by atoms with van der Waals surface area (Å²) in [6.07, 6.45) is 24.0. The minimum atomic E-state index is -4.08. The van der Waals surface area contributed by atoms with Gasteiger partial charge in [-0.05, 0) is 161 Å². The molecule has 0 atom stereocenters. The van der Waals surface area contributed by atoms with E-state index in [-0.39, 0.29) is 16.9 Å². The number of fused-ring (bicyclic) bond motifs is 6. The molecule has 406 valence electrons. The summed E-state index contributed by atoms with van der Waals surface area (Å²) in [6.45, 7) is 16.3. The lowest BCUT2D eigenvalue weighted by Gasteiger charge is -2.28. The SMILES string of the molecule is CCCCCCN(CCCCCC)c1ccc(OC2=C(/C=C/C3=C(CCCCS(=O)(=O)O)c4ccc5ccccc5c4C3(C)C)CCC/C2=C\C=C2\N(CCCCS(=O)(=O)O)c3ccc4ccccc4c3C2(C)C)cc1. The second-order valence-corrected chi connectivity index (χ2v) is 25.6. The highest BCUT2D eigenvalue weighted by Crippen LogP contribution is 2.53. The Kier molecular flexibility index (Phi) is 18.6. The summed E-state index contributed by atoms with van der Waals surface area (Å²) < 4.78 is 73.6. The maximum atomic E-state index is 11.8. The zero-order valence-electron chi connectivity index (χ0n) is 46.0. The molecule has 3 aliphatic rings.